The van der Waals surface area contributed by atoms with Crippen LogP contribution >= 0.6 is 0 Å². The van der Waals surface area contributed by atoms with E-state index in [1.165, 1.54) is 0 Å². The van der Waals surface area contributed by atoms with E-state index in [-0.39, 0.29) is 5.78 Å². The first-order valence-electron chi connectivity index (χ1n) is 5.72. The lowest BCUT2D eigenvalue weighted by Gasteiger charge is -2.17. The smallest absolute Gasteiger partial charge is 0.209 e. The molecule has 1 aromatic carbocycles. The van der Waals surface area contributed by atoms with Crippen molar-refractivity contribution in [3.63, 3.8) is 0 Å². The summed E-state index contributed by atoms with van der Waals surface area (Å²) < 4.78 is 11.2. The molecule has 0 saturated heterocycles. The highest BCUT2D eigenvalue weighted by Gasteiger charge is 2.43. The van der Waals surface area contributed by atoms with Crippen molar-refractivity contribution in [1.82, 2.24) is 0 Å². The molecule has 17 heavy (non-hydrogen) atoms. The van der Waals surface area contributed by atoms with Gasteiger partial charge in [-0.05, 0) is 45.7 Å². The zero-order valence-electron chi connectivity index (χ0n) is 11.2. The highest BCUT2D eigenvalue weighted by molar-refractivity contribution is 6.09. The van der Waals surface area contributed by atoms with Gasteiger partial charge in [-0.25, -0.2) is 0 Å². The van der Waals surface area contributed by atoms with E-state index in [4.69, 9.17) is 9.47 Å². The van der Waals surface area contributed by atoms with Gasteiger partial charge in [-0.15, -0.1) is 0 Å². The van der Waals surface area contributed by atoms with Crippen LogP contribution in [0.2, 0.25) is 0 Å². The summed E-state index contributed by atoms with van der Waals surface area (Å²) in [5.41, 5.74) is 2.81. The lowest BCUT2D eigenvalue weighted by atomic mass is 9.92. The quantitative estimate of drug-likeness (QED) is 0.749. The van der Waals surface area contributed by atoms with Crippen LogP contribution in [0, 0.1) is 20.8 Å². The second-order valence-corrected chi connectivity index (χ2v) is 5.05. The summed E-state index contributed by atoms with van der Waals surface area (Å²) in [6.07, 6.45) is 0. The Kier molecular flexibility index (Phi) is 2.45. The molecule has 0 radical (unpaired) electrons. The summed E-state index contributed by atoms with van der Waals surface area (Å²) in [7, 11) is 1.63. The van der Waals surface area contributed by atoms with E-state index in [1.807, 2.05) is 20.8 Å². The van der Waals surface area contributed by atoms with E-state index >= 15 is 0 Å². The Morgan fingerprint density at radius 2 is 1.65 bits per heavy atom. The molecule has 0 unspecified atom stereocenters. The van der Waals surface area contributed by atoms with Gasteiger partial charge in [-0.2, -0.15) is 0 Å². The van der Waals surface area contributed by atoms with E-state index in [0.717, 1.165) is 28.2 Å². The molecular formula is C14H18O3. The standard InChI is InChI=1S/C14H18O3/c1-7-8(2)12-10(9(3)11(7)16-6)13(15)14(4,5)17-12/h1-6H3. The molecule has 0 saturated carbocycles. The number of hydrogen-bond donors (Lipinski definition) is 0. The molecular weight excluding hydrogens is 216 g/mol. The van der Waals surface area contributed by atoms with Gasteiger partial charge in [-0.1, -0.05) is 0 Å². The SMILES string of the molecule is COc1c(C)c(C)c2c(c1C)C(=O)C(C)(C)O2. The van der Waals surface area contributed by atoms with Crippen molar-refractivity contribution >= 4 is 5.78 Å². The molecule has 0 bridgehead atoms. The fourth-order valence-corrected chi connectivity index (χ4v) is 2.40. The largest absolute Gasteiger partial charge is 0.496 e. The van der Waals surface area contributed by atoms with Crippen molar-refractivity contribution < 1.29 is 14.3 Å². The second-order valence-electron chi connectivity index (χ2n) is 5.05. The maximum atomic E-state index is 12.3. The number of carbonyl (C=O) groups excluding carboxylic acids is 1. The summed E-state index contributed by atoms with van der Waals surface area (Å²) in [5, 5.41) is 0. The van der Waals surface area contributed by atoms with E-state index in [9.17, 15) is 4.79 Å². The fourth-order valence-electron chi connectivity index (χ4n) is 2.40. The predicted molar refractivity (Wildman–Crippen MR) is 66.2 cm³/mol. The van der Waals surface area contributed by atoms with Crippen LogP contribution in [0.1, 0.15) is 40.9 Å². The molecule has 2 rings (SSSR count). The number of hydrogen-bond acceptors (Lipinski definition) is 3. The lowest BCUT2D eigenvalue weighted by Crippen LogP contribution is -2.32. The van der Waals surface area contributed by atoms with Crippen molar-refractivity contribution in [3.8, 4) is 11.5 Å². The number of ketones is 1. The van der Waals surface area contributed by atoms with Crippen LogP contribution in [0.15, 0.2) is 0 Å². The maximum absolute atomic E-state index is 12.3. The van der Waals surface area contributed by atoms with Crippen LogP contribution < -0.4 is 9.47 Å². The highest BCUT2D eigenvalue weighted by Crippen LogP contribution is 2.44. The minimum absolute atomic E-state index is 0.0337. The van der Waals surface area contributed by atoms with Crippen LogP contribution in [0.25, 0.3) is 0 Å². The summed E-state index contributed by atoms with van der Waals surface area (Å²) in [5.74, 6) is 1.54. The molecule has 0 N–H and O–H groups in total. The van der Waals surface area contributed by atoms with Crippen molar-refractivity contribution in [2.45, 2.75) is 40.2 Å². The average molecular weight is 234 g/mol. The Bertz CT molecular complexity index is 513. The van der Waals surface area contributed by atoms with Gasteiger partial charge in [-0.3, -0.25) is 4.79 Å². The molecule has 1 aliphatic rings. The number of rotatable bonds is 1. The van der Waals surface area contributed by atoms with Gasteiger partial charge in [0.05, 0.1) is 12.7 Å². The number of ether oxygens (including phenoxy) is 2. The third kappa shape index (κ3) is 1.45. The first-order valence-corrected chi connectivity index (χ1v) is 5.72. The minimum Gasteiger partial charge on any atom is -0.496 e. The molecule has 0 aliphatic carbocycles. The van der Waals surface area contributed by atoms with Crippen molar-refractivity contribution in [2.24, 2.45) is 0 Å². The van der Waals surface area contributed by atoms with Gasteiger partial charge in [0, 0.05) is 5.56 Å². The van der Waals surface area contributed by atoms with E-state index < -0.39 is 5.60 Å². The molecule has 0 spiro atoms. The molecule has 0 aromatic heterocycles. The predicted octanol–water partition coefficient (Wildman–Crippen LogP) is 2.97. The molecule has 0 amide bonds. The number of methoxy groups -OCH3 is 1. The van der Waals surface area contributed by atoms with Gasteiger partial charge in [0.2, 0.25) is 5.78 Å². The van der Waals surface area contributed by atoms with Gasteiger partial charge < -0.3 is 9.47 Å². The molecule has 3 heteroatoms. The Morgan fingerprint density at radius 1 is 1.06 bits per heavy atom. The number of benzene rings is 1. The summed E-state index contributed by atoms with van der Waals surface area (Å²) in [6, 6.07) is 0. The second kappa shape index (κ2) is 3.49. The molecule has 92 valence electrons. The van der Waals surface area contributed by atoms with Crippen LogP contribution in [0.3, 0.4) is 0 Å². The first kappa shape index (κ1) is 12.0. The van der Waals surface area contributed by atoms with Gasteiger partial charge in [0.1, 0.15) is 11.5 Å². The average Bonchev–Trinajstić information content (AvgIpc) is 2.49. The van der Waals surface area contributed by atoms with E-state index in [2.05, 4.69) is 0 Å². The third-order valence-corrected chi connectivity index (χ3v) is 3.52. The number of Topliss-reactive ketones (excluding diaryl/α,β-unsaturated/α-hetero) is 1. The Balaban J connectivity index is 2.80. The third-order valence-electron chi connectivity index (χ3n) is 3.52. The van der Waals surface area contributed by atoms with Gasteiger partial charge >= 0.3 is 0 Å². The summed E-state index contributed by atoms with van der Waals surface area (Å²) in [6.45, 7) is 9.46. The Morgan fingerprint density at radius 3 is 2.18 bits per heavy atom. The van der Waals surface area contributed by atoms with Crippen LogP contribution in [0.4, 0.5) is 0 Å². The zero-order valence-corrected chi connectivity index (χ0v) is 11.2. The molecule has 1 aromatic rings. The normalized spacial score (nSPS) is 16.7. The maximum Gasteiger partial charge on any atom is 0.209 e. The zero-order chi connectivity index (χ0) is 13.0. The van der Waals surface area contributed by atoms with Crippen molar-refractivity contribution in [1.29, 1.82) is 0 Å². The first-order chi connectivity index (χ1) is 7.81. The number of carbonyl (C=O) groups is 1. The van der Waals surface area contributed by atoms with Crippen molar-refractivity contribution in [3.05, 3.63) is 22.3 Å². The molecule has 1 heterocycles. The molecule has 3 nitrogen and oxygen atoms in total. The Labute approximate surface area is 102 Å². The van der Waals surface area contributed by atoms with E-state index in [0.29, 0.717) is 5.56 Å². The molecule has 0 fully saturated rings. The fraction of sp³-hybridized carbons (Fsp3) is 0.500. The number of fused-ring (bicyclic) bond motifs is 1. The van der Waals surface area contributed by atoms with Gasteiger partial charge in [0.15, 0.2) is 5.60 Å². The monoisotopic (exact) mass is 234 g/mol. The van der Waals surface area contributed by atoms with Crippen LogP contribution in [0.5, 0.6) is 11.5 Å². The van der Waals surface area contributed by atoms with Crippen molar-refractivity contribution in [2.75, 3.05) is 7.11 Å². The Hall–Kier alpha value is -1.51. The van der Waals surface area contributed by atoms with E-state index in [1.54, 1.807) is 21.0 Å². The van der Waals surface area contributed by atoms with Gasteiger partial charge in [0.25, 0.3) is 0 Å². The molecule has 1 aliphatic heterocycles. The highest BCUT2D eigenvalue weighted by atomic mass is 16.5. The van der Waals surface area contributed by atoms with Crippen LogP contribution in [-0.4, -0.2) is 18.5 Å². The molecule has 0 atom stereocenters. The summed E-state index contributed by atoms with van der Waals surface area (Å²) >= 11 is 0. The topological polar surface area (TPSA) is 35.5 Å². The lowest BCUT2D eigenvalue weighted by molar-refractivity contribution is 0.0683. The van der Waals surface area contributed by atoms with Crippen LogP contribution in [-0.2, 0) is 0 Å². The minimum atomic E-state index is -0.767. The summed E-state index contributed by atoms with van der Waals surface area (Å²) in [4.78, 5) is 12.3.